The number of carboxylic acids is 1. The number of carbonyl (C=O) groups is 2. The smallest absolute Gasteiger partial charge is 0.344 e. The molecule has 3 fully saturated rings. The number of aliphatic carboxylic acids is 1. The van der Waals surface area contributed by atoms with Crippen LogP contribution in [0.2, 0.25) is 0 Å². The molecule has 166 valence electrons. The summed E-state index contributed by atoms with van der Waals surface area (Å²) in [6.45, 7) is 6.28. The van der Waals surface area contributed by atoms with Gasteiger partial charge in [0, 0.05) is 11.8 Å². The van der Waals surface area contributed by atoms with Gasteiger partial charge in [0.2, 0.25) is 6.61 Å². The highest BCUT2D eigenvalue weighted by Crippen LogP contribution is 2.65. The van der Waals surface area contributed by atoms with Crippen LogP contribution >= 0.6 is 0 Å². The maximum Gasteiger partial charge on any atom is 0.344 e. The SMILES string of the molecule is CCC(=O)O[C@@H]1CC[C@@H]2[C@H]3CCC4=CC(=NOCC(=O)O)CC[C@]4(C)[C@@H]3CC[C@@]21C. The lowest BCUT2D eigenvalue weighted by molar-refractivity contribution is -0.159. The van der Waals surface area contributed by atoms with Crippen LogP contribution in [0.15, 0.2) is 16.8 Å². The Balaban J connectivity index is 1.51. The van der Waals surface area contributed by atoms with Gasteiger partial charge >= 0.3 is 11.9 Å². The standard InChI is InChI=1S/C24H35NO5/c1-4-22(28)30-20-8-7-18-17-6-5-15-13-16(25-29-14-21(26)27)9-11-23(15,2)19(17)10-12-24(18,20)3/h13,17-20H,4-12,14H2,1-3H3,(H,26,27)/t17-,18-,19-,20-,23+,24+/m1/s1. The lowest BCUT2D eigenvalue weighted by Crippen LogP contribution is -2.51. The van der Waals surface area contributed by atoms with Crippen molar-refractivity contribution in [3.63, 3.8) is 0 Å². The number of rotatable bonds is 5. The highest BCUT2D eigenvalue weighted by atomic mass is 16.6. The lowest BCUT2D eigenvalue weighted by Gasteiger charge is -2.58. The Kier molecular flexibility index (Phi) is 5.71. The van der Waals surface area contributed by atoms with E-state index in [9.17, 15) is 9.59 Å². The predicted octanol–water partition coefficient (Wildman–Crippen LogP) is 4.73. The van der Waals surface area contributed by atoms with Crippen LogP contribution in [0.25, 0.3) is 0 Å². The van der Waals surface area contributed by atoms with Gasteiger partial charge in [-0.15, -0.1) is 0 Å². The summed E-state index contributed by atoms with van der Waals surface area (Å²) in [4.78, 5) is 27.6. The van der Waals surface area contributed by atoms with Gasteiger partial charge in [0.15, 0.2) is 0 Å². The molecule has 0 aromatic heterocycles. The number of hydrogen-bond acceptors (Lipinski definition) is 5. The first-order chi connectivity index (χ1) is 14.3. The summed E-state index contributed by atoms with van der Waals surface area (Å²) < 4.78 is 5.89. The second-order valence-electron chi connectivity index (χ2n) is 10.2. The molecule has 0 unspecified atom stereocenters. The highest BCUT2D eigenvalue weighted by molar-refractivity contribution is 5.96. The van der Waals surface area contributed by atoms with E-state index in [2.05, 4.69) is 25.1 Å². The van der Waals surface area contributed by atoms with Crippen molar-refractivity contribution in [1.82, 2.24) is 0 Å². The molecule has 3 saturated carbocycles. The quantitative estimate of drug-likeness (QED) is 0.516. The molecular formula is C24H35NO5. The van der Waals surface area contributed by atoms with Gasteiger partial charge in [-0.2, -0.15) is 0 Å². The Bertz CT molecular complexity index is 774. The van der Waals surface area contributed by atoms with Gasteiger partial charge in [0.1, 0.15) is 6.10 Å². The average Bonchev–Trinajstić information content (AvgIpc) is 3.04. The number of allylic oxidation sites excluding steroid dienone is 2. The summed E-state index contributed by atoms with van der Waals surface area (Å²) in [6, 6.07) is 0. The van der Waals surface area contributed by atoms with E-state index in [1.807, 2.05) is 6.92 Å². The van der Waals surface area contributed by atoms with Crippen LogP contribution in [0.3, 0.4) is 0 Å². The van der Waals surface area contributed by atoms with Crippen molar-refractivity contribution < 1.29 is 24.3 Å². The summed E-state index contributed by atoms with van der Waals surface area (Å²) in [7, 11) is 0. The highest BCUT2D eigenvalue weighted by Gasteiger charge is 2.59. The molecule has 0 spiro atoms. The van der Waals surface area contributed by atoms with Crippen LogP contribution in [-0.2, 0) is 19.2 Å². The average molecular weight is 418 g/mol. The van der Waals surface area contributed by atoms with E-state index in [1.165, 1.54) is 24.8 Å². The zero-order valence-electron chi connectivity index (χ0n) is 18.5. The third kappa shape index (κ3) is 3.56. The number of nitrogens with zero attached hydrogens (tertiary/aromatic N) is 1. The van der Waals surface area contributed by atoms with Crippen molar-refractivity contribution in [3.8, 4) is 0 Å². The summed E-state index contributed by atoms with van der Waals surface area (Å²) in [6.07, 6.45) is 11.3. The fourth-order valence-corrected chi connectivity index (χ4v) is 7.20. The zero-order valence-corrected chi connectivity index (χ0v) is 18.5. The predicted molar refractivity (Wildman–Crippen MR) is 113 cm³/mol. The Morgan fingerprint density at radius 3 is 2.67 bits per heavy atom. The molecule has 0 bridgehead atoms. The molecule has 6 atom stereocenters. The first kappa shape index (κ1) is 21.4. The maximum atomic E-state index is 12.0. The van der Waals surface area contributed by atoms with Crippen molar-refractivity contribution in [1.29, 1.82) is 0 Å². The number of carboxylic acid groups (broad SMARTS) is 1. The van der Waals surface area contributed by atoms with Crippen LogP contribution in [0.5, 0.6) is 0 Å². The summed E-state index contributed by atoms with van der Waals surface area (Å²) in [5.41, 5.74) is 2.64. The normalized spacial score (nSPS) is 41.3. The minimum atomic E-state index is -1.00. The van der Waals surface area contributed by atoms with E-state index >= 15 is 0 Å². The minimum Gasteiger partial charge on any atom is -0.479 e. The minimum absolute atomic E-state index is 0.0611. The topological polar surface area (TPSA) is 85.2 Å². The molecule has 1 N–H and O–H groups in total. The molecule has 0 aliphatic heterocycles. The molecule has 0 amide bonds. The van der Waals surface area contributed by atoms with Gasteiger partial charge in [0.05, 0.1) is 5.71 Å². The third-order valence-corrected chi connectivity index (χ3v) is 8.82. The fraction of sp³-hybridized carbons (Fsp3) is 0.792. The molecule has 0 radical (unpaired) electrons. The van der Waals surface area contributed by atoms with E-state index in [1.54, 1.807) is 0 Å². The van der Waals surface area contributed by atoms with Gasteiger partial charge in [0.25, 0.3) is 0 Å². The molecule has 0 aromatic rings. The summed E-state index contributed by atoms with van der Waals surface area (Å²) in [5.74, 6) is 0.931. The van der Waals surface area contributed by atoms with E-state index in [-0.39, 0.29) is 22.9 Å². The van der Waals surface area contributed by atoms with Gasteiger partial charge in [-0.05, 0) is 80.6 Å². The second kappa shape index (κ2) is 8.01. The van der Waals surface area contributed by atoms with E-state index < -0.39 is 12.6 Å². The fourth-order valence-electron chi connectivity index (χ4n) is 7.20. The molecule has 0 aromatic carbocycles. The Morgan fingerprint density at radius 1 is 1.13 bits per heavy atom. The maximum absolute atomic E-state index is 12.0. The van der Waals surface area contributed by atoms with Crippen LogP contribution in [-0.4, -0.2) is 35.5 Å². The number of esters is 1. The molecule has 30 heavy (non-hydrogen) atoms. The van der Waals surface area contributed by atoms with Crippen molar-refractivity contribution in [3.05, 3.63) is 11.6 Å². The first-order valence-electron chi connectivity index (χ1n) is 11.6. The summed E-state index contributed by atoms with van der Waals surface area (Å²) in [5, 5.41) is 12.8. The molecule has 0 saturated heterocycles. The van der Waals surface area contributed by atoms with Crippen molar-refractivity contribution in [2.75, 3.05) is 6.61 Å². The summed E-state index contributed by atoms with van der Waals surface area (Å²) >= 11 is 0. The van der Waals surface area contributed by atoms with Crippen LogP contribution in [0, 0.1) is 28.6 Å². The van der Waals surface area contributed by atoms with Crippen LogP contribution < -0.4 is 0 Å². The molecule has 6 heteroatoms. The van der Waals surface area contributed by atoms with Crippen LogP contribution in [0.4, 0.5) is 0 Å². The molecule has 6 nitrogen and oxygen atoms in total. The first-order valence-corrected chi connectivity index (χ1v) is 11.6. The zero-order chi connectivity index (χ0) is 21.5. The largest absolute Gasteiger partial charge is 0.479 e. The van der Waals surface area contributed by atoms with Crippen molar-refractivity contribution in [2.24, 2.45) is 33.7 Å². The molecular weight excluding hydrogens is 382 g/mol. The Labute approximate surface area is 179 Å². The van der Waals surface area contributed by atoms with Crippen molar-refractivity contribution in [2.45, 2.75) is 84.7 Å². The molecule has 0 heterocycles. The molecule has 4 aliphatic rings. The molecule has 4 rings (SSSR count). The van der Waals surface area contributed by atoms with E-state index in [0.29, 0.717) is 24.2 Å². The van der Waals surface area contributed by atoms with E-state index in [0.717, 1.165) is 37.8 Å². The number of carbonyl (C=O) groups excluding carboxylic acids is 1. The molecule has 4 aliphatic carbocycles. The number of hydrogen-bond donors (Lipinski definition) is 1. The number of oxime groups is 1. The monoisotopic (exact) mass is 417 g/mol. The van der Waals surface area contributed by atoms with Gasteiger partial charge in [-0.3, -0.25) is 4.79 Å². The van der Waals surface area contributed by atoms with Gasteiger partial charge in [-0.1, -0.05) is 31.5 Å². The van der Waals surface area contributed by atoms with Gasteiger partial charge < -0.3 is 14.7 Å². The second-order valence-corrected chi connectivity index (χ2v) is 10.2. The lowest BCUT2D eigenvalue weighted by atomic mass is 9.47. The Hall–Kier alpha value is -1.85. The Morgan fingerprint density at radius 2 is 1.93 bits per heavy atom. The third-order valence-electron chi connectivity index (χ3n) is 8.82. The number of ether oxygens (including phenoxy) is 1. The van der Waals surface area contributed by atoms with E-state index in [4.69, 9.17) is 14.7 Å². The van der Waals surface area contributed by atoms with Crippen LogP contribution in [0.1, 0.15) is 78.6 Å². The van der Waals surface area contributed by atoms with Gasteiger partial charge in [-0.25, -0.2) is 4.79 Å². The van der Waals surface area contributed by atoms with Crippen molar-refractivity contribution >= 4 is 17.7 Å². The number of fused-ring (bicyclic) bond motifs is 5.